The number of hydrogen-bond acceptors (Lipinski definition) is 5. The van der Waals surface area contributed by atoms with Crippen LogP contribution in [-0.2, 0) is 12.8 Å². The molecule has 132 valence electrons. The van der Waals surface area contributed by atoms with Crippen molar-refractivity contribution in [2.24, 2.45) is 0 Å². The Morgan fingerprint density at radius 3 is 3.00 bits per heavy atom. The van der Waals surface area contributed by atoms with E-state index in [0.29, 0.717) is 12.0 Å². The summed E-state index contributed by atoms with van der Waals surface area (Å²) in [7, 11) is 0. The van der Waals surface area contributed by atoms with Crippen LogP contribution < -0.4 is 15.5 Å². The number of nitrogens with zero attached hydrogens (tertiary/aromatic N) is 3. The minimum Gasteiger partial charge on any atom is -0.384 e. The number of rotatable bonds is 5. The van der Waals surface area contributed by atoms with Crippen LogP contribution in [0.5, 0.6) is 0 Å². The minimum atomic E-state index is 0.557. The Morgan fingerprint density at radius 2 is 2.20 bits per heavy atom. The zero-order valence-corrected chi connectivity index (χ0v) is 15.2. The Kier molecular flexibility index (Phi) is 4.47. The van der Waals surface area contributed by atoms with Gasteiger partial charge in [-0.05, 0) is 50.3 Å². The molecule has 3 heterocycles. The van der Waals surface area contributed by atoms with Gasteiger partial charge < -0.3 is 15.5 Å². The van der Waals surface area contributed by atoms with E-state index in [0.717, 1.165) is 49.6 Å². The molecule has 25 heavy (non-hydrogen) atoms. The average molecular weight is 337 g/mol. The van der Waals surface area contributed by atoms with Crippen LogP contribution in [0.4, 0.5) is 23.1 Å². The molecule has 4 rings (SSSR count). The van der Waals surface area contributed by atoms with Gasteiger partial charge in [-0.25, -0.2) is 4.98 Å². The van der Waals surface area contributed by atoms with E-state index in [-0.39, 0.29) is 0 Å². The minimum absolute atomic E-state index is 0.557. The van der Waals surface area contributed by atoms with Gasteiger partial charge >= 0.3 is 0 Å². The largest absolute Gasteiger partial charge is 0.384 e. The van der Waals surface area contributed by atoms with Crippen molar-refractivity contribution in [1.29, 1.82) is 0 Å². The fourth-order valence-electron chi connectivity index (χ4n) is 3.84. The number of aromatic nitrogens is 2. The third-order valence-corrected chi connectivity index (χ3v) is 5.19. The molecule has 1 unspecified atom stereocenters. The van der Waals surface area contributed by atoms with E-state index < -0.39 is 0 Å². The van der Waals surface area contributed by atoms with Gasteiger partial charge in [0.2, 0.25) is 5.95 Å². The summed E-state index contributed by atoms with van der Waals surface area (Å²) in [6.45, 7) is 6.59. The van der Waals surface area contributed by atoms with Crippen molar-refractivity contribution in [2.45, 2.75) is 52.0 Å². The summed E-state index contributed by atoms with van der Waals surface area (Å²) >= 11 is 0. The molecule has 0 radical (unpaired) electrons. The molecule has 0 amide bonds. The van der Waals surface area contributed by atoms with Crippen LogP contribution in [0, 0.1) is 0 Å². The number of aryl methyl sites for hydroxylation is 1. The summed E-state index contributed by atoms with van der Waals surface area (Å²) in [6, 6.07) is 9.20. The first-order valence-electron chi connectivity index (χ1n) is 9.51. The lowest BCUT2D eigenvalue weighted by Gasteiger charge is -2.23. The van der Waals surface area contributed by atoms with Crippen LogP contribution in [0.25, 0.3) is 0 Å². The topological polar surface area (TPSA) is 53.1 Å². The number of fused-ring (bicyclic) bond motifs is 1. The number of anilines is 4. The SMILES string of the molecule is CCCc1cc(N2CCCC2C)nc(Nc2ccc3c(c2)NCC3)n1. The van der Waals surface area contributed by atoms with Crippen LogP contribution in [0.15, 0.2) is 24.3 Å². The smallest absolute Gasteiger partial charge is 0.229 e. The molecule has 2 aliphatic heterocycles. The molecule has 2 aliphatic rings. The molecule has 0 saturated carbocycles. The lowest BCUT2D eigenvalue weighted by Crippen LogP contribution is -2.27. The van der Waals surface area contributed by atoms with Gasteiger partial charge in [0.05, 0.1) is 0 Å². The second kappa shape index (κ2) is 6.90. The highest BCUT2D eigenvalue weighted by molar-refractivity contribution is 5.67. The zero-order valence-electron chi connectivity index (χ0n) is 15.2. The molecule has 1 fully saturated rings. The van der Waals surface area contributed by atoms with Gasteiger partial charge in [0.1, 0.15) is 5.82 Å². The highest BCUT2D eigenvalue weighted by atomic mass is 15.3. The van der Waals surface area contributed by atoms with Crippen molar-refractivity contribution in [3.63, 3.8) is 0 Å². The maximum Gasteiger partial charge on any atom is 0.229 e. The molecule has 0 spiro atoms. The van der Waals surface area contributed by atoms with Crippen LogP contribution in [-0.4, -0.2) is 29.1 Å². The summed E-state index contributed by atoms with van der Waals surface area (Å²) in [5, 5.41) is 6.85. The quantitative estimate of drug-likeness (QED) is 0.859. The first kappa shape index (κ1) is 16.2. The Morgan fingerprint density at radius 1 is 1.28 bits per heavy atom. The van der Waals surface area contributed by atoms with E-state index in [4.69, 9.17) is 9.97 Å². The molecule has 5 heteroatoms. The Labute approximate surface area is 149 Å². The van der Waals surface area contributed by atoms with Crippen molar-refractivity contribution >= 4 is 23.1 Å². The molecule has 2 aromatic rings. The summed E-state index contributed by atoms with van der Waals surface area (Å²) < 4.78 is 0. The van der Waals surface area contributed by atoms with Crippen LogP contribution in [0.3, 0.4) is 0 Å². The average Bonchev–Trinajstić information content (AvgIpc) is 3.23. The molecule has 0 aliphatic carbocycles. The molecule has 1 atom stereocenters. The van der Waals surface area contributed by atoms with E-state index >= 15 is 0 Å². The lowest BCUT2D eigenvalue weighted by atomic mass is 10.1. The lowest BCUT2D eigenvalue weighted by molar-refractivity contribution is 0.724. The van der Waals surface area contributed by atoms with Crippen LogP contribution in [0.1, 0.15) is 44.4 Å². The Bertz CT molecular complexity index is 758. The predicted molar refractivity (Wildman–Crippen MR) is 104 cm³/mol. The first-order valence-corrected chi connectivity index (χ1v) is 9.51. The van der Waals surface area contributed by atoms with Crippen molar-refractivity contribution in [1.82, 2.24) is 9.97 Å². The summed E-state index contributed by atoms with van der Waals surface area (Å²) in [4.78, 5) is 12.0. The fourth-order valence-corrected chi connectivity index (χ4v) is 3.84. The third-order valence-electron chi connectivity index (χ3n) is 5.19. The molecular formula is C20H27N5. The van der Waals surface area contributed by atoms with Gasteiger partial charge in [0.15, 0.2) is 0 Å². The van der Waals surface area contributed by atoms with Gasteiger partial charge in [-0.1, -0.05) is 19.4 Å². The molecule has 1 aromatic carbocycles. The first-order chi connectivity index (χ1) is 12.2. The van der Waals surface area contributed by atoms with Crippen molar-refractivity contribution in [3.05, 3.63) is 35.5 Å². The maximum absolute atomic E-state index is 4.82. The van der Waals surface area contributed by atoms with E-state index in [1.165, 1.54) is 24.1 Å². The van der Waals surface area contributed by atoms with E-state index in [9.17, 15) is 0 Å². The van der Waals surface area contributed by atoms with E-state index in [2.05, 4.69) is 53.6 Å². The third kappa shape index (κ3) is 3.41. The highest BCUT2D eigenvalue weighted by Gasteiger charge is 2.22. The number of hydrogen-bond donors (Lipinski definition) is 2. The van der Waals surface area contributed by atoms with E-state index in [1.54, 1.807) is 0 Å². The standard InChI is InChI=1S/C20H27N5/c1-3-5-16-13-19(25-11-4-6-14(25)2)24-20(22-16)23-17-8-7-15-9-10-21-18(15)12-17/h7-8,12-14,21H,3-6,9-11H2,1-2H3,(H,22,23,24). The number of nitrogens with one attached hydrogen (secondary N) is 2. The maximum atomic E-state index is 4.82. The predicted octanol–water partition coefficient (Wildman–Crippen LogP) is 4.13. The van der Waals surface area contributed by atoms with Crippen LogP contribution in [0.2, 0.25) is 0 Å². The van der Waals surface area contributed by atoms with Gasteiger partial charge in [0.25, 0.3) is 0 Å². The summed E-state index contributed by atoms with van der Waals surface area (Å²) in [5.41, 5.74) is 4.77. The van der Waals surface area contributed by atoms with Crippen molar-refractivity contribution in [3.8, 4) is 0 Å². The number of benzene rings is 1. The van der Waals surface area contributed by atoms with E-state index in [1.807, 2.05) is 0 Å². The van der Waals surface area contributed by atoms with Gasteiger partial charge in [-0.15, -0.1) is 0 Å². The van der Waals surface area contributed by atoms with Gasteiger partial charge in [0, 0.05) is 42.3 Å². The van der Waals surface area contributed by atoms with Crippen molar-refractivity contribution < 1.29 is 0 Å². The molecule has 1 saturated heterocycles. The molecule has 5 nitrogen and oxygen atoms in total. The van der Waals surface area contributed by atoms with Crippen molar-refractivity contribution in [2.75, 3.05) is 28.6 Å². The highest BCUT2D eigenvalue weighted by Crippen LogP contribution is 2.29. The fraction of sp³-hybridized carbons (Fsp3) is 0.500. The molecule has 2 N–H and O–H groups in total. The van der Waals surface area contributed by atoms with Gasteiger partial charge in [-0.3, -0.25) is 0 Å². The Hall–Kier alpha value is -2.30. The van der Waals surface area contributed by atoms with Crippen LogP contribution >= 0.6 is 0 Å². The van der Waals surface area contributed by atoms with Gasteiger partial charge in [-0.2, -0.15) is 4.98 Å². The molecular weight excluding hydrogens is 310 g/mol. The Balaban J connectivity index is 1.62. The molecule has 1 aromatic heterocycles. The monoisotopic (exact) mass is 337 g/mol. The second-order valence-electron chi connectivity index (χ2n) is 7.15. The zero-order chi connectivity index (χ0) is 17.2. The molecule has 0 bridgehead atoms. The normalized spacial score (nSPS) is 19.0. The second-order valence-corrected chi connectivity index (χ2v) is 7.15. The summed E-state index contributed by atoms with van der Waals surface area (Å²) in [5.74, 6) is 1.77. The summed E-state index contributed by atoms with van der Waals surface area (Å²) in [6.07, 6.45) is 5.67.